The van der Waals surface area contributed by atoms with Crippen LogP contribution in [0.25, 0.3) is 15.5 Å². The fourth-order valence-corrected chi connectivity index (χ4v) is 4.04. The van der Waals surface area contributed by atoms with Crippen molar-refractivity contribution in [1.82, 2.24) is 19.8 Å². The fourth-order valence-electron chi connectivity index (χ4n) is 3.05. The summed E-state index contributed by atoms with van der Waals surface area (Å²) in [6.07, 6.45) is 0. The van der Waals surface area contributed by atoms with E-state index < -0.39 is 0 Å². The van der Waals surface area contributed by atoms with Gasteiger partial charge in [0, 0.05) is 16.3 Å². The summed E-state index contributed by atoms with van der Waals surface area (Å²) in [5.74, 6) is 1.11. The van der Waals surface area contributed by atoms with E-state index in [0.717, 1.165) is 38.0 Å². The molecule has 0 spiro atoms. The second kappa shape index (κ2) is 8.04. The van der Waals surface area contributed by atoms with Crippen LogP contribution in [0.1, 0.15) is 22.5 Å². The molecule has 0 unspecified atom stereocenters. The zero-order valence-electron chi connectivity index (χ0n) is 17.0. The molecular formula is C21H20ClN5O2S. The number of anilines is 1. The van der Waals surface area contributed by atoms with Crippen molar-refractivity contribution < 1.29 is 9.53 Å². The maximum absolute atomic E-state index is 12.5. The molecule has 0 atom stereocenters. The molecule has 30 heavy (non-hydrogen) atoms. The Morgan fingerprint density at radius 2 is 1.83 bits per heavy atom. The predicted molar refractivity (Wildman–Crippen MR) is 119 cm³/mol. The average Bonchev–Trinajstić information content (AvgIpc) is 3.28. The second-order valence-corrected chi connectivity index (χ2v) is 8.42. The van der Waals surface area contributed by atoms with Crippen LogP contribution in [-0.4, -0.2) is 32.3 Å². The van der Waals surface area contributed by atoms with E-state index in [1.807, 2.05) is 58.0 Å². The molecule has 0 aliphatic heterocycles. The minimum Gasteiger partial charge on any atom is -0.484 e. The zero-order chi connectivity index (χ0) is 21.4. The number of rotatable bonds is 5. The molecule has 4 aromatic rings. The van der Waals surface area contributed by atoms with Gasteiger partial charge >= 0.3 is 0 Å². The number of nitrogens with one attached hydrogen (secondary N) is 1. The van der Waals surface area contributed by atoms with Gasteiger partial charge in [0.05, 0.1) is 0 Å². The van der Waals surface area contributed by atoms with E-state index in [1.165, 1.54) is 11.3 Å². The number of hydrogen-bond donors (Lipinski definition) is 1. The molecule has 7 nitrogen and oxygen atoms in total. The third kappa shape index (κ3) is 4.01. The Kier molecular flexibility index (Phi) is 5.44. The summed E-state index contributed by atoms with van der Waals surface area (Å²) in [6, 6.07) is 9.48. The molecule has 2 aromatic heterocycles. The van der Waals surface area contributed by atoms with Crippen molar-refractivity contribution in [2.45, 2.75) is 27.7 Å². The smallest absolute Gasteiger partial charge is 0.262 e. The minimum atomic E-state index is -0.241. The van der Waals surface area contributed by atoms with Crippen LogP contribution in [0.5, 0.6) is 5.75 Å². The average molecular weight is 442 g/mol. The lowest BCUT2D eigenvalue weighted by Crippen LogP contribution is -2.20. The number of fused-ring (bicyclic) bond motifs is 1. The van der Waals surface area contributed by atoms with Crippen molar-refractivity contribution >= 4 is 39.5 Å². The maximum atomic E-state index is 12.5. The summed E-state index contributed by atoms with van der Waals surface area (Å²) in [5.41, 5.74) is 4.39. The first-order valence-electron chi connectivity index (χ1n) is 9.31. The third-order valence-electron chi connectivity index (χ3n) is 4.69. The van der Waals surface area contributed by atoms with Crippen molar-refractivity contribution in [2.75, 3.05) is 11.9 Å². The Balaban J connectivity index is 1.48. The van der Waals surface area contributed by atoms with E-state index in [4.69, 9.17) is 16.3 Å². The van der Waals surface area contributed by atoms with E-state index in [1.54, 1.807) is 4.52 Å². The van der Waals surface area contributed by atoms with Gasteiger partial charge in [-0.1, -0.05) is 35.1 Å². The van der Waals surface area contributed by atoms with Crippen molar-refractivity contribution in [1.29, 1.82) is 0 Å². The quantitative estimate of drug-likeness (QED) is 0.483. The number of hydrogen-bond acceptors (Lipinski definition) is 6. The Hall–Kier alpha value is -2.97. The predicted octanol–water partition coefficient (Wildman–Crippen LogP) is 4.76. The van der Waals surface area contributed by atoms with Crippen LogP contribution < -0.4 is 10.1 Å². The highest BCUT2D eigenvalue weighted by molar-refractivity contribution is 7.19. The molecule has 1 N–H and O–H groups in total. The maximum Gasteiger partial charge on any atom is 0.262 e. The number of aryl methyl sites for hydroxylation is 4. The van der Waals surface area contributed by atoms with E-state index in [9.17, 15) is 4.79 Å². The molecule has 154 valence electrons. The summed E-state index contributed by atoms with van der Waals surface area (Å²) in [6.45, 7) is 7.51. The Morgan fingerprint density at radius 1 is 1.10 bits per heavy atom. The lowest BCUT2D eigenvalue weighted by atomic mass is 10.1. The van der Waals surface area contributed by atoms with Crippen molar-refractivity contribution in [3.8, 4) is 16.3 Å². The fraction of sp³-hybridized carbons (Fsp3) is 0.238. The molecule has 0 bridgehead atoms. The van der Waals surface area contributed by atoms with Crippen molar-refractivity contribution in [3.63, 3.8) is 0 Å². The van der Waals surface area contributed by atoms with E-state index in [0.29, 0.717) is 16.5 Å². The van der Waals surface area contributed by atoms with Crippen LogP contribution in [0.2, 0.25) is 5.02 Å². The molecule has 0 aliphatic carbocycles. The summed E-state index contributed by atoms with van der Waals surface area (Å²) in [7, 11) is 0. The van der Waals surface area contributed by atoms with Gasteiger partial charge in [-0.25, -0.2) is 0 Å². The van der Waals surface area contributed by atoms with Gasteiger partial charge in [-0.15, -0.1) is 10.2 Å². The number of carbonyl (C=O) groups excluding carboxylic acids is 1. The zero-order valence-corrected chi connectivity index (χ0v) is 18.6. The minimum absolute atomic E-state index is 0.0971. The number of carbonyl (C=O) groups is 1. The lowest BCUT2D eigenvalue weighted by molar-refractivity contribution is -0.118. The van der Waals surface area contributed by atoms with Gasteiger partial charge in [-0.2, -0.15) is 9.61 Å². The molecule has 1 amide bonds. The summed E-state index contributed by atoms with van der Waals surface area (Å²) in [5, 5.41) is 17.1. The van der Waals surface area contributed by atoms with Crippen LogP contribution in [0.3, 0.4) is 0 Å². The molecular weight excluding hydrogens is 422 g/mol. The molecule has 2 heterocycles. The van der Waals surface area contributed by atoms with Crippen LogP contribution in [-0.2, 0) is 4.79 Å². The second-order valence-electron chi connectivity index (χ2n) is 7.09. The molecule has 0 saturated carbocycles. The highest BCUT2D eigenvalue weighted by atomic mass is 35.5. The molecule has 0 aliphatic rings. The lowest BCUT2D eigenvalue weighted by Gasteiger charge is -2.12. The summed E-state index contributed by atoms with van der Waals surface area (Å²) >= 11 is 7.63. The largest absolute Gasteiger partial charge is 0.484 e. The van der Waals surface area contributed by atoms with Crippen LogP contribution in [0, 0.1) is 27.7 Å². The van der Waals surface area contributed by atoms with Gasteiger partial charge in [-0.05, 0) is 62.6 Å². The van der Waals surface area contributed by atoms with Crippen molar-refractivity contribution in [3.05, 3.63) is 57.9 Å². The van der Waals surface area contributed by atoms with Gasteiger partial charge in [0.2, 0.25) is 4.96 Å². The molecule has 0 fully saturated rings. The Labute approximate surface area is 182 Å². The van der Waals surface area contributed by atoms with Crippen LogP contribution in [0.4, 0.5) is 5.69 Å². The molecule has 0 radical (unpaired) electrons. The Morgan fingerprint density at radius 3 is 2.53 bits per heavy atom. The monoisotopic (exact) mass is 441 g/mol. The van der Waals surface area contributed by atoms with Gasteiger partial charge in [0.25, 0.3) is 5.91 Å². The third-order valence-corrected chi connectivity index (χ3v) is 6.23. The number of halogens is 1. The van der Waals surface area contributed by atoms with Crippen LogP contribution >= 0.6 is 22.9 Å². The van der Waals surface area contributed by atoms with Crippen LogP contribution in [0.15, 0.2) is 30.3 Å². The molecule has 0 saturated heterocycles. The van der Waals surface area contributed by atoms with E-state index in [2.05, 4.69) is 20.6 Å². The summed E-state index contributed by atoms with van der Waals surface area (Å²) < 4.78 is 7.36. The first-order valence-corrected chi connectivity index (χ1v) is 10.5. The number of ether oxygens (including phenoxy) is 1. The highest BCUT2D eigenvalue weighted by Crippen LogP contribution is 2.29. The summed E-state index contributed by atoms with van der Waals surface area (Å²) in [4.78, 5) is 13.2. The number of nitrogens with zero attached hydrogens (tertiary/aromatic N) is 4. The van der Waals surface area contributed by atoms with Crippen molar-refractivity contribution in [2.24, 2.45) is 0 Å². The number of benzene rings is 2. The normalized spacial score (nSPS) is 11.1. The van der Waals surface area contributed by atoms with E-state index in [-0.39, 0.29) is 12.5 Å². The first kappa shape index (κ1) is 20.3. The number of aromatic nitrogens is 4. The highest BCUT2D eigenvalue weighted by Gasteiger charge is 2.13. The molecule has 2 aromatic carbocycles. The SMILES string of the molecule is Cc1ccc(-c2nn3c(C)nnc3s2)cc1NC(=O)COc1cc(C)c(Cl)c(C)c1. The topological polar surface area (TPSA) is 81.4 Å². The van der Waals surface area contributed by atoms with Gasteiger partial charge < -0.3 is 10.1 Å². The van der Waals surface area contributed by atoms with Gasteiger partial charge in [0.1, 0.15) is 10.8 Å². The van der Waals surface area contributed by atoms with Gasteiger partial charge in [-0.3, -0.25) is 4.79 Å². The molecule has 9 heteroatoms. The first-order chi connectivity index (χ1) is 14.3. The number of amides is 1. The molecule has 4 rings (SSSR count). The Bertz CT molecular complexity index is 1240. The van der Waals surface area contributed by atoms with E-state index >= 15 is 0 Å². The standard InChI is InChI=1S/C21H20ClN5O2S/c1-11-5-6-15(20-26-27-14(4)24-25-21(27)30-20)9-17(11)23-18(28)10-29-16-7-12(2)19(22)13(3)8-16/h5-9H,10H2,1-4H3,(H,23,28). The van der Waals surface area contributed by atoms with Gasteiger partial charge in [0.15, 0.2) is 12.4 Å².